The molecule has 2 atom stereocenters. The summed E-state index contributed by atoms with van der Waals surface area (Å²) in [5.41, 5.74) is 2.44. The van der Waals surface area contributed by atoms with Gasteiger partial charge in [-0.2, -0.15) is 0 Å². The van der Waals surface area contributed by atoms with Crippen molar-refractivity contribution in [2.45, 2.75) is 45.6 Å². The van der Waals surface area contributed by atoms with Crippen LogP contribution in [0.3, 0.4) is 0 Å². The van der Waals surface area contributed by atoms with E-state index >= 15 is 0 Å². The summed E-state index contributed by atoms with van der Waals surface area (Å²) in [5, 5.41) is 0. The molecule has 1 aliphatic rings. The van der Waals surface area contributed by atoms with E-state index in [-0.39, 0.29) is 12.0 Å². The fourth-order valence-electron chi connectivity index (χ4n) is 2.51. The van der Waals surface area contributed by atoms with Gasteiger partial charge in [-0.25, -0.2) is 0 Å². The second-order valence-corrected chi connectivity index (χ2v) is 5.51. The minimum Gasteiger partial charge on any atom is -0.378 e. The lowest BCUT2D eigenvalue weighted by atomic mass is 9.92. The molecule has 2 unspecified atom stereocenters. The fraction of sp³-hybridized carbons (Fsp3) is 0.562. The number of ether oxygens (including phenoxy) is 1. The van der Waals surface area contributed by atoms with Gasteiger partial charge in [0, 0.05) is 18.9 Å². The van der Waals surface area contributed by atoms with Gasteiger partial charge in [0.25, 0.3) is 0 Å². The van der Waals surface area contributed by atoms with Crippen LogP contribution in [0.25, 0.3) is 0 Å². The van der Waals surface area contributed by atoms with Crippen LogP contribution in [-0.4, -0.2) is 18.5 Å². The Balaban J connectivity index is 1.98. The predicted molar refractivity (Wildman–Crippen MR) is 72.8 cm³/mol. The topological polar surface area (TPSA) is 26.3 Å². The zero-order chi connectivity index (χ0) is 13.1. The van der Waals surface area contributed by atoms with Crippen LogP contribution >= 0.6 is 0 Å². The van der Waals surface area contributed by atoms with Crippen molar-refractivity contribution < 1.29 is 9.53 Å². The molecule has 1 heterocycles. The van der Waals surface area contributed by atoms with Crippen LogP contribution in [0.2, 0.25) is 0 Å². The zero-order valence-corrected chi connectivity index (χ0v) is 11.5. The molecular weight excluding hydrogens is 224 g/mol. The molecule has 1 aromatic carbocycles. The molecule has 0 saturated carbocycles. The molecule has 0 radical (unpaired) electrons. The smallest absolute Gasteiger partial charge is 0.142 e. The van der Waals surface area contributed by atoms with E-state index in [4.69, 9.17) is 4.74 Å². The van der Waals surface area contributed by atoms with E-state index in [1.807, 2.05) is 6.92 Å². The number of Topliss-reactive ketones (excluding diaryl/α,β-unsaturated/α-hetero) is 1. The number of hydrogen-bond acceptors (Lipinski definition) is 2. The number of benzene rings is 1. The summed E-state index contributed by atoms with van der Waals surface area (Å²) < 4.78 is 5.45. The second-order valence-electron chi connectivity index (χ2n) is 5.51. The first-order chi connectivity index (χ1) is 8.58. The minimum atomic E-state index is 0.0902. The third-order valence-electron chi connectivity index (χ3n) is 3.81. The number of ketones is 1. The van der Waals surface area contributed by atoms with Crippen molar-refractivity contribution in [1.29, 1.82) is 0 Å². The Labute approximate surface area is 109 Å². The van der Waals surface area contributed by atoms with E-state index in [9.17, 15) is 4.79 Å². The van der Waals surface area contributed by atoms with E-state index in [1.54, 1.807) is 0 Å². The zero-order valence-electron chi connectivity index (χ0n) is 11.5. The van der Waals surface area contributed by atoms with Gasteiger partial charge in [0.15, 0.2) is 0 Å². The molecule has 98 valence electrons. The van der Waals surface area contributed by atoms with Gasteiger partial charge in [-0.3, -0.25) is 4.79 Å². The van der Waals surface area contributed by atoms with Crippen LogP contribution in [0.15, 0.2) is 24.3 Å². The Kier molecular flexibility index (Phi) is 4.18. The van der Waals surface area contributed by atoms with Gasteiger partial charge in [-0.05, 0) is 30.4 Å². The van der Waals surface area contributed by atoms with Gasteiger partial charge in [0.05, 0.1) is 6.10 Å². The third-order valence-corrected chi connectivity index (χ3v) is 3.81. The Hall–Kier alpha value is -1.15. The monoisotopic (exact) mass is 246 g/mol. The first kappa shape index (κ1) is 13.3. The maximum Gasteiger partial charge on any atom is 0.142 e. The lowest BCUT2D eigenvalue weighted by Crippen LogP contribution is -2.23. The molecule has 2 rings (SSSR count). The summed E-state index contributed by atoms with van der Waals surface area (Å²) in [6.45, 7) is 7.08. The minimum absolute atomic E-state index is 0.0902. The summed E-state index contributed by atoms with van der Waals surface area (Å²) in [5.74, 6) is 0.949. The van der Waals surface area contributed by atoms with Crippen molar-refractivity contribution in [3.8, 4) is 0 Å². The SMILES string of the molecule is CC(C)c1ccc(CC(=O)C2CCOC2C)cc1. The van der Waals surface area contributed by atoms with Crippen molar-refractivity contribution in [2.24, 2.45) is 5.92 Å². The van der Waals surface area contributed by atoms with Gasteiger partial charge in [0.1, 0.15) is 5.78 Å². The molecule has 0 spiro atoms. The third kappa shape index (κ3) is 2.99. The summed E-state index contributed by atoms with van der Waals surface area (Å²) in [4.78, 5) is 12.2. The van der Waals surface area contributed by atoms with Crippen molar-refractivity contribution in [3.63, 3.8) is 0 Å². The molecule has 1 saturated heterocycles. The van der Waals surface area contributed by atoms with Crippen LogP contribution < -0.4 is 0 Å². The van der Waals surface area contributed by atoms with Crippen molar-refractivity contribution in [1.82, 2.24) is 0 Å². The molecule has 2 heteroatoms. The highest BCUT2D eigenvalue weighted by atomic mass is 16.5. The first-order valence-corrected chi connectivity index (χ1v) is 6.81. The van der Waals surface area contributed by atoms with Gasteiger partial charge in [-0.15, -0.1) is 0 Å². The lowest BCUT2D eigenvalue weighted by Gasteiger charge is -2.13. The molecule has 1 aromatic rings. The Morgan fingerprint density at radius 3 is 2.50 bits per heavy atom. The summed E-state index contributed by atoms with van der Waals surface area (Å²) in [7, 11) is 0. The average molecular weight is 246 g/mol. The molecule has 1 aliphatic heterocycles. The normalized spacial score (nSPS) is 23.6. The Bertz CT molecular complexity index is 406. The quantitative estimate of drug-likeness (QED) is 0.814. The van der Waals surface area contributed by atoms with Crippen molar-refractivity contribution >= 4 is 5.78 Å². The largest absolute Gasteiger partial charge is 0.378 e. The van der Waals surface area contributed by atoms with E-state index in [0.29, 0.717) is 18.1 Å². The van der Waals surface area contributed by atoms with Crippen LogP contribution in [0, 0.1) is 5.92 Å². The summed E-state index contributed by atoms with van der Waals surface area (Å²) >= 11 is 0. The highest BCUT2D eigenvalue weighted by Crippen LogP contribution is 2.23. The summed E-state index contributed by atoms with van der Waals surface area (Å²) in [6, 6.07) is 8.41. The lowest BCUT2D eigenvalue weighted by molar-refractivity contribution is -0.123. The molecule has 0 amide bonds. The maximum atomic E-state index is 12.2. The Morgan fingerprint density at radius 2 is 2.00 bits per heavy atom. The molecule has 0 aromatic heterocycles. The molecule has 0 N–H and O–H groups in total. The van der Waals surface area contributed by atoms with Gasteiger partial charge in [0.2, 0.25) is 0 Å². The number of carbonyl (C=O) groups excluding carboxylic acids is 1. The number of rotatable bonds is 4. The average Bonchev–Trinajstić information content (AvgIpc) is 2.76. The first-order valence-electron chi connectivity index (χ1n) is 6.81. The van der Waals surface area contributed by atoms with E-state index < -0.39 is 0 Å². The van der Waals surface area contributed by atoms with E-state index in [2.05, 4.69) is 38.1 Å². The van der Waals surface area contributed by atoms with Crippen LogP contribution in [0.5, 0.6) is 0 Å². The molecule has 0 bridgehead atoms. The van der Waals surface area contributed by atoms with Crippen LogP contribution in [0.1, 0.15) is 44.2 Å². The highest BCUT2D eigenvalue weighted by Gasteiger charge is 2.30. The molecule has 0 aliphatic carbocycles. The summed E-state index contributed by atoms with van der Waals surface area (Å²) in [6.07, 6.45) is 1.51. The number of carbonyl (C=O) groups is 1. The van der Waals surface area contributed by atoms with Crippen LogP contribution in [0.4, 0.5) is 0 Å². The van der Waals surface area contributed by atoms with Gasteiger partial charge < -0.3 is 4.74 Å². The predicted octanol–water partition coefficient (Wildman–Crippen LogP) is 3.35. The molecular formula is C16H22O2. The molecule has 1 fully saturated rings. The molecule has 18 heavy (non-hydrogen) atoms. The number of hydrogen-bond donors (Lipinski definition) is 0. The second kappa shape index (κ2) is 5.66. The molecule has 2 nitrogen and oxygen atoms in total. The standard InChI is InChI=1S/C16H22O2/c1-11(2)14-6-4-13(5-7-14)10-16(17)15-8-9-18-12(15)3/h4-7,11-12,15H,8-10H2,1-3H3. The highest BCUT2D eigenvalue weighted by molar-refractivity contribution is 5.84. The fourth-order valence-corrected chi connectivity index (χ4v) is 2.51. The van der Waals surface area contributed by atoms with Gasteiger partial charge in [-0.1, -0.05) is 38.1 Å². The van der Waals surface area contributed by atoms with E-state index in [0.717, 1.165) is 18.6 Å². The van der Waals surface area contributed by atoms with Crippen molar-refractivity contribution in [3.05, 3.63) is 35.4 Å². The van der Waals surface area contributed by atoms with E-state index in [1.165, 1.54) is 5.56 Å². The van der Waals surface area contributed by atoms with Crippen LogP contribution in [-0.2, 0) is 16.0 Å². The maximum absolute atomic E-state index is 12.2. The Morgan fingerprint density at radius 1 is 1.33 bits per heavy atom. The van der Waals surface area contributed by atoms with Crippen molar-refractivity contribution in [2.75, 3.05) is 6.61 Å². The van der Waals surface area contributed by atoms with Gasteiger partial charge >= 0.3 is 0 Å².